The van der Waals surface area contributed by atoms with Crippen LogP contribution in [-0.4, -0.2) is 19.6 Å². The SMILES string of the molecule is Cc1cc(C)c(NCCC2CCNCC2)cc1C. The summed E-state index contributed by atoms with van der Waals surface area (Å²) in [5, 5.41) is 7.03. The predicted molar refractivity (Wildman–Crippen MR) is 79.4 cm³/mol. The van der Waals surface area contributed by atoms with Crippen LogP contribution in [-0.2, 0) is 0 Å². The van der Waals surface area contributed by atoms with Crippen molar-refractivity contribution in [1.82, 2.24) is 5.32 Å². The number of hydrogen-bond donors (Lipinski definition) is 2. The van der Waals surface area contributed by atoms with Gasteiger partial charge >= 0.3 is 0 Å². The Labute approximate surface area is 111 Å². The second-order valence-electron chi connectivity index (χ2n) is 5.66. The summed E-state index contributed by atoms with van der Waals surface area (Å²) < 4.78 is 0. The van der Waals surface area contributed by atoms with Gasteiger partial charge in [-0.15, -0.1) is 0 Å². The predicted octanol–water partition coefficient (Wildman–Crippen LogP) is 3.41. The fraction of sp³-hybridized carbons (Fsp3) is 0.625. The summed E-state index contributed by atoms with van der Waals surface area (Å²) in [5.74, 6) is 0.908. The number of rotatable bonds is 4. The topological polar surface area (TPSA) is 24.1 Å². The minimum absolute atomic E-state index is 0.908. The third-order valence-corrected chi connectivity index (χ3v) is 4.17. The Kier molecular flexibility index (Phi) is 4.65. The van der Waals surface area contributed by atoms with Crippen LogP contribution in [0.3, 0.4) is 0 Å². The fourth-order valence-corrected chi connectivity index (χ4v) is 2.73. The van der Waals surface area contributed by atoms with E-state index in [0.29, 0.717) is 0 Å². The Bertz CT molecular complexity index is 392. The molecule has 100 valence electrons. The minimum atomic E-state index is 0.908. The standard InChI is InChI=1S/C16H26N2/c1-12-10-14(3)16(11-13(12)2)18-9-6-15-4-7-17-8-5-15/h10-11,15,17-18H,4-9H2,1-3H3. The van der Waals surface area contributed by atoms with Crippen LogP contribution in [0.1, 0.15) is 36.0 Å². The second kappa shape index (κ2) is 6.24. The van der Waals surface area contributed by atoms with Crippen LogP contribution >= 0.6 is 0 Å². The Hall–Kier alpha value is -1.02. The van der Waals surface area contributed by atoms with Gasteiger partial charge in [-0.1, -0.05) is 6.07 Å². The van der Waals surface area contributed by atoms with E-state index in [9.17, 15) is 0 Å². The summed E-state index contributed by atoms with van der Waals surface area (Å²) in [4.78, 5) is 0. The van der Waals surface area contributed by atoms with Crippen molar-refractivity contribution in [3.05, 3.63) is 28.8 Å². The molecule has 1 aliphatic heterocycles. The van der Waals surface area contributed by atoms with Gasteiger partial charge in [-0.3, -0.25) is 0 Å². The highest BCUT2D eigenvalue weighted by atomic mass is 14.9. The molecule has 0 aromatic heterocycles. The molecule has 18 heavy (non-hydrogen) atoms. The van der Waals surface area contributed by atoms with E-state index in [1.54, 1.807) is 0 Å². The summed E-state index contributed by atoms with van der Waals surface area (Å²) in [6.45, 7) is 10.1. The van der Waals surface area contributed by atoms with Crippen molar-refractivity contribution >= 4 is 5.69 Å². The maximum Gasteiger partial charge on any atom is 0.0372 e. The van der Waals surface area contributed by atoms with Gasteiger partial charge < -0.3 is 10.6 Å². The van der Waals surface area contributed by atoms with Gasteiger partial charge in [-0.05, 0) is 81.8 Å². The molecule has 1 saturated heterocycles. The molecule has 1 aromatic carbocycles. The quantitative estimate of drug-likeness (QED) is 0.850. The van der Waals surface area contributed by atoms with Gasteiger partial charge in [0.15, 0.2) is 0 Å². The van der Waals surface area contributed by atoms with Crippen LogP contribution in [0.15, 0.2) is 12.1 Å². The lowest BCUT2D eigenvalue weighted by atomic mass is 9.94. The largest absolute Gasteiger partial charge is 0.385 e. The molecule has 0 bridgehead atoms. The first-order chi connectivity index (χ1) is 8.66. The van der Waals surface area contributed by atoms with E-state index in [0.717, 1.165) is 12.5 Å². The van der Waals surface area contributed by atoms with Gasteiger partial charge in [-0.2, -0.15) is 0 Å². The summed E-state index contributed by atoms with van der Waals surface area (Å²) in [5.41, 5.74) is 5.44. The van der Waals surface area contributed by atoms with Gasteiger partial charge in [-0.25, -0.2) is 0 Å². The zero-order valence-corrected chi connectivity index (χ0v) is 12.0. The summed E-state index contributed by atoms with van der Waals surface area (Å²) in [6, 6.07) is 4.56. The molecule has 0 amide bonds. The van der Waals surface area contributed by atoms with E-state index in [4.69, 9.17) is 0 Å². The molecule has 0 unspecified atom stereocenters. The van der Waals surface area contributed by atoms with E-state index in [2.05, 4.69) is 43.5 Å². The molecule has 1 aromatic rings. The summed E-state index contributed by atoms with van der Waals surface area (Å²) >= 11 is 0. The molecule has 2 heteroatoms. The van der Waals surface area contributed by atoms with Crippen LogP contribution in [0.5, 0.6) is 0 Å². The zero-order chi connectivity index (χ0) is 13.0. The molecule has 2 nitrogen and oxygen atoms in total. The lowest BCUT2D eigenvalue weighted by Crippen LogP contribution is -2.28. The van der Waals surface area contributed by atoms with Crippen LogP contribution in [0.2, 0.25) is 0 Å². The minimum Gasteiger partial charge on any atom is -0.385 e. The van der Waals surface area contributed by atoms with Crippen molar-refractivity contribution in [3.8, 4) is 0 Å². The molecule has 0 atom stereocenters. The van der Waals surface area contributed by atoms with Crippen molar-refractivity contribution < 1.29 is 0 Å². The molecule has 2 rings (SSSR count). The van der Waals surface area contributed by atoms with Crippen molar-refractivity contribution in [2.75, 3.05) is 25.0 Å². The molecule has 0 aliphatic carbocycles. The van der Waals surface area contributed by atoms with E-state index in [1.807, 2.05) is 0 Å². The number of hydrogen-bond acceptors (Lipinski definition) is 2. The molecular formula is C16H26N2. The van der Waals surface area contributed by atoms with E-state index in [1.165, 1.54) is 54.7 Å². The fourth-order valence-electron chi connectivity index (χ4n) is 2.73. The third kappa shape index (κ3) is 3.49. The maximum absolute atomic E-state index is 3.61. The zero-order valence-electron chi connectivity index (χ0n) is 12.0. The maximum atomic E-state index is 3.61. The average Bonchev–Trinajstić information content (AvgIpc) is 2.37. The lowest BCUT2D eigenvalue weighted by molar-refractivity contribution is 0.361. The van der Waals surface area contributed by atoms with Gasteiger partial charge in [0.1, 0.15) is 0 Å². The molecule has 1 heterocycles. The normalized spacial score (nSPS) is 16.8. The van der Waals surface area contributed by atoms with Gasteiger partial charge in [0, 0.05) is 12.2 Å². The number of anilines is 1. The Morgan fingerprint density at radius 2 is 1.72 bits per heavy atom. The van der Waals surface area contributed by atoms with Crippen molar-refractivity contribution in [3.63, 3.8) is 0 Å². The average molecular weight is 246 g/mol. The Morgan fingerprint density at radius 3 is 2.44 bits per heavy atom. The first-order valence-corrected chi connectivity index (χ1v) is 7.19. The van der Waals surface area contributed by atoms with Crippen LogP contribution < -0.4 is 10.6 Å². The van der Waals surface area contributed by atoms with Crippen LogP contribution in [0, 0.1) is 26.7 Å². The molecule has 1 aliphatic rings. The molecule has 0 spiro atoms. The molecule has 0 radical (unpaired) electrons. The number of nitrogens with one attached hydrogen (secondary N) is 2. The third-order valence-electron chi connectivity index (χ3n) is 4.17. The van der Waals surface area contributed by atoms with Gasteiger partial charge in [0.2, 0.25) is 0 Å². The number of benzene rings is 1. The first kappa shape index (κ1) is 13.4. The van der Waals surface area contributed by atoms with E-state index >= 15 is 0 Å². The summed E-state index contributed by atoms with van der Waals surface area (Å²) in [6.07, 6.45) is 3.98. The monoisotopic (exact) mass is 246 g/mol. The molecule has 1 fully saturated rings. The number of piperidine rings is 1. The highest BCUT2D eigenvalue weighted by Crippen LogP contribution is 2.21. The Balaban J connectivity index is 1.84. The molecular weight excluding hydrogens is 220 g/mol. The van der Waals surface area contributed by atoms with Crippen molar-refractivity contribution in [2.24, 2.45) is 5.92 Å². The van der Waals surface area contributed by atoms with Crippen molar-refractivity contribution in [2.45, 2.75) is 40.0 Å². The Morgan fingerprint density at radius 1 is 1.06 bits per heavy atom. The van der Waals surface area contributed by atoms with Crippen LogP contribution in [0.25, 0.3) is 0 Å². The van der Waals surface area contributed by atoms with E-state index in [-0.39, 0.29) is 0 Å². The summed E-state index contributed by atoms with van der Waals surface area (Å²) in [7, 11) is 0. The lowest BCUT2D eigenvalue weighted by Gasteiger charge is -2.23. The van der Waals surface area contributed by atoms with Gasteiger partial charge in [0.05, 0.1) is 0 Å². The van der Waals surface area contributed by atoms with Crippen molar-refractivity contribution in [1.29, 1.82) is 0 Å². The highest BCUT2D eigenvalue weighted by Gasteiger charge is 2.12. The second-order valence-corrected chi connectivity index (χ2v) is 5.66. The number of aryl methyl sites for hydroxylation is 3. The molecule has 2 N–H and O–H groups in total. The van der Waals surface area contributed by atoms with Crippen LogP contribution in [0.4, 0.5) is 5.69 Å². The smallest absolute Gasteiger partial charge is 0.0372 e. The van der Waals surface area contributed by atoms with E-state index < -0.39 is 0 Å². The highest BCUT2D eigenvalue weighted by molar-refractivity contribution is 5.54. The molecule has 0 saturated carbocycles. The van der Waals surface area contributed by atoms with Gasteiger partial charge in [0.25, 0.3) is 0 Å². The first-order valence-electron chi connectivity index (χ1n) is 7.19.